The zero-order chi connectivity index (χ0) is 27.0. The van der Waals surface area contributed by atoms with Crippen LogP contribution in [0, 0.1) is 10.1 Å². The van der Waals surface area contributed by atoms with Gasteiger partial charge in [-0.15, -0.1) is 0 Å². The maximum Gasteiger partial charge on any atom is 0.339 e. The molecule has 0 unspecified atom stereocenters. The fraction of sp³-hybridized carbons (Fsp3) is 0.0833. The summed E-state index contributed by atoms with van der Waals surface area (Å²) < 4.78 is 41.0. The first-order valence-corrected chi connectivity index (χ1v) is 13.3. The number of thioether (sulfide) groups is 1. The van der Waals surface area contributed by atoms with Crippen LogP contribution in [0.25, 0.3) is 6.08 Å². The summed E-state index contributed by atoms with van der Waals surface area (Å²) in [5.41, 5.74) is 0.491. The number of nitro benzene ring substituents is 1. The van der Waals surface area contributed by atoms with Gasteiger partial charge in [0.1, 0.15) is 10.6 Å². The lowest BCUT2D eigenvalue weighted by Crippen LogP contribution is -2.27. The van der Waals surface area contributed by atoms with Crippen molar-refractivity contribution in [1.82, 2.24) is 4.90 Å². The highest BCUT2D eigenvalue weighted by atomic mass is 35.5. The Morgan fingerprint density at radius 2 is 1.82 bits per heavy atom. The number of hydrogen-bond donors (Lipinski definition) is 0. The van der Waals surface area contributed by atoms with Gasteiger partial charge in [-0.1, -0.05) is 29.8 Å². The summed E-state index contributed by atoms with van der Waals surface area (Å²) in [6.07, 6.45) is 1.43. The number of imide groups is 1. The largest absolute Gasteiger partial charge is 0.454 e. The molecular weight excluding hydrogens is 560 g/mol. The fourth-order valence-electron chi connectivity index (χ4n) is 3.62. The van der Waals surface area contributed by atoms with Crippen LogP contribution in [0.15, 0.2) is 70.5 Å². The quantitative estimate of drug-likeness (QED) is 0.164. The summed E-state index contributed by atoms with van der Waals surface area (Å²) in [6.45, 7) is -0.0309. The smallest absolute Gasteiger partial charge is 0.339 e. The number of non-ortho nitro benzene ring substituents is 1. The van der Waals surface area contributed by atoms with Crippen LogP contribution in [0.2, 0.25) is 5.02 Å². The Kier molecular flexibility index (Phi) is 6.73. The van der Waals surface area contributed by atoms with Gasteiger partial charge in [0.05, 0.1) is 16.4 Å². The lowest BCUT2D eigenvalue weighted by Gasteiger charge is -2.14. The van der Waals surface area contributed by atoms with Crippen molar-refractivity contribution >= 4 is 56.4 Å². The van der Waals surface area contributed by atoms with Gasteiger partial charge in [-0.25, -0.2) is 0 Å². The molecule has 0 radical (unpaired) electrons. The molecule has 14 heteroatoms. The van der Waals surface area contributed by atoms with Crippen LogP contribution in [0.1, 0.15) is 11.1 Å². The molecule has 2 amide bonds. The van der Waals surface area contributed by atoms with Gasteiger partial charge in [0.2, 0.25) is 6.79 Å². The van der Waals surface area contributed by atoms with E-state index < -0.39 is 31.9 Å². The Bertz CT molecular complexity index is 1640. The van der Waals surface area contributed by atoms with Crippen LogP contribution in [-0.4, -0.2) is 36.2 Å². The molecule has 2 aliphatic rings. The molecule has 3 aromatic carbocycles. The third-order valence-electron chi connectivity index (χ3n) is 5.42. The second-order valence-electron chi connectivity index (χ2n) is 7.93. The first kappa shape index (κ1) is 25.6. The van der Waals surface area contributed by atoms with E-state index >= 15 is 0 Å². The summed E-state index contributed by atoms with van der Waals surface area (Å²) in [7, 11) is -4.38. The Morgan fingerprint density at radius 3 is 2.58 bits per heavy atom. The molecule has 0 saturated carbocycles. The van der Waals surface area contributed by atoms with E-state index in [1.165, 1.54) is 36.4 Å². The number of nitro groups is 1. The van der Waals surface area contributed by atoms with Crippen LogP contribution in [0.4, 0.5) is 10.5 Å². The summed E-state index contributed by atoms with van der Waals surface area (Å²) in [4.78, 5) is 36.6. The van der Waals surface area contributed by atoms with E-state index in [0.29, 0.717) is 27.6 Å². The maximum atomic E-state index is 13.0. The third kappa shape index (κ3) is 5.16. The standard InChI is InChI=1S/C24H15ClN2O9S2/c25-19-11-21-20(34-13-35-21)9-15(19)12-26-23(28)22(37-24(26)29)8-14-3-1-5-17(7-14)36-38(32,33)18-6-2-4-16(10-18)27(30)31/h1-11H,12-13H2/b22-8-. The SMILES string of the molecule is O=C1S/C(=C\c2cccc(OS(=O)(=O)c3cccc([N+](=O)[O-])c3)c2)C(=O)N1Cc1cc2c(cc1Cl)OCO2. The van der Waals surface area contributed by atoms with Gasteiger partial charge in [-0.3, -0.25) is 24.6 Å². The van der Waals surface area contributed by atoms with E-state index in [2.05, 4.69) is 0 Å². The van der Waals surface area contributed by atoms with Crippen LogP contribution in [0.3, 0.4) is 0 Å². The predicted molar refractivity (Wildman–Crippen MR) is 136 cm³/mol. The highest BCUT2D eigenvalue weighted by Crippen LogP contribution is 2.39. The molecule has 2 aliphatic heterocycles. The fourth-order valence-corrected chi connectivity index (χ4v) is 5.64. The van der Waals surface area contributed by atoms with E-state index in [0.717, 1.165) is 28.8 Å². The number of nitrogens with zero attached hydrogens (tertiary/aromatic N) is 2. The zero-order valence-corrected chi connectivity index (χ0v) is 21.4. The number of halogens is 1. The van der Waals surface area contributed by atoms with E-state index in [-0.39, 0.29) is 28.9 Å². The molecule has 3 aromatic rings. The van der Waals surface area contributed by atoms with Crippen molar-refractivity contribution in [2.75, 3.05) is 6.79 Å². The molecule has 5 rings (SSSR count). The van der Waals surface area contributed by atoms with Crippen molar-refractivity contribution in [3.8, 4) is 17.2 Å². The number of hydrogen-bond acceptors (Lipinski definition) is 10. The minimum Gasteiger partial charge on any atom is -0.454 e. The average Bonchev–Trinajstić information content (AvgIpc) is 3.43. The average molecular weight is 575 g/mol. The summed E-state index contributed by atoms with van der Waals surface area (Å²) in [6, 6.07) is 13.5. The predicted octanol–water partition coefficient (Wildman–Crippen LogP) is 4.98. The number of ether oxygens (including phenoxy) is 2. The van der Waals surface area contributed by atoms with Crippen molar-refractivity contribution < 1.29 is 36.6 Å². The summed E-state index contributed by atoms with van der Waals surface area (Å²) in [5.74, 6) is 0.298. The third-order valence-corrected chi connectivity index (χ3v) is 7.92. The molecule has 2 heterocycles. The molecule has 0 aliphatic carbocycles. The molecule has 0 atom stereocenters. The maximum absolute atomic E-state index is 13.0. The van der Waals surface area contributed by atoms with Crippen molar-refractivity contribution in [3.63, 3.8) is 0 Å². The molecular formula is C24H15ClN2O9S2. The van der Waals surface area contributed by atoms with Gasteiger partial charge in [-0.2, -0.15) is 8.42 Å². The topological polar surface area (TPSA) is 142 Å². The first-order chi connectivity index (χ1) is 18.1. The Labute approximate surface area is 224 Å². The number of benzene rings is 3. The summed E-state index contributed by atoms with van der Waals surface area (Å²) in [5, 5.41) is 10.8. The highest BCUT2D eigenvalue weighted by molar-refractivity contribution is 8.18. The van der Waals surface area contributed by atoms with Crippen molar-refractivity contribution in [3.05, 3.63) is 91.8 Å². The molecule has 1 fully saturated rings. The zero-order valence-electron chi connectivity index (χ0n) is 19.0. The van der Waals surface area contributed by atoms with E-state index in [4.69, 9.17) is 25.3 Å². The van der Waals surface area contributed by atoms with Crippen molar-refractivity contribution in [2.24, 2.45) is 0 Å². The number of amides is 2. The number of carbonyl (C=O) groups excluding carboxylic acids is 2. The minimum atomic E-state index is -4.38. The van der Waals surface area contributed by atoms with E-state index in [9.17, 15) is 28.1 Å². The first-order valence-electron chi connectivity index (χ1n) is 10.7. The van der Waals surface area contributed by atoms with Crippen LogP contribution >= 0.6 is 23.4 Å². The minimum absolute atomic E-state index is 0.0504. The normalized spacial score (nSPS) is 15.8. The monoisotopic (exact) mass is 574 g/mol. The molecule has 11 nitrogen and oxygen atoms in total. The molecule has 0 N–H and O–H groups in total. The highest BCUT2D eigenvalue weighted by Gasteiger charge is 2.36. The molecule has 0 bridgehead atoms. The number of carbonyl (C=O) groups is 2. The molecule has 38 heavy (non-hydrogen) atoms. The van der Waals surface area contributed by atoms with E-state index in [1.807, 2.05) is 0 Å². The van der Waals surface area contributed by atoms with Gasteiger partial charge >= 0.3 is 10.1 Å². The van der Waals surface area contributed by atoms with Gasteiger partial charge in [0, 0.05) is 23.2 Å². The van der Waals surface area contributed by atoms with Crippen molar-refractivity contribution in [2.45, 2.75) is 11.4 Å². The summed E-state index contributed by atoms with van der Waals surface area (Å²) >= 11 is 7.01. The lowest BCUT2D eigenvalue weighted by atomic mass is 10.1. The Balaban J connectivity index is 1.34. The molecule has 194 valence electrons. The van der Waals surface area contributed by atoms with E-state index in [1.54, 1.807) is 18.2 Å². The number of rotatable bonds is 7. The second-order valence-corrected chi connectivity index (χ2v) is 10.9. The van der Waals surface area contributed by atoms with Gasteiger partial charge in [0.25, 0.3) is 16.8 Å². The van der Waals surface area contributed by atoms with Gasteiger partial charge in [-0.05, 0) is 53.2 Å². The van der Waals surface area contributed by atoms with Gasteiger partial charge < -0.3 is 13.7 Å². The van der Waals surface area contributed by atoms with Crippen LogP contribution in [-0.2, 0) is 21.5 Å². The second kappa shape index (κ2) is 10.0. The lowest BCUT2D eigenvalue weighted by molar-refractivity contribution is -0.385. The number of fused-ring (bicyclic) bond motifs is 1. The van der Waals surface area contributed by atoms with Crippen LogP contribution < -0.4 is 13.7 Å². The van der Waals surface area contributed by atoms with Crippen molar-refractivity contribution in [1.29, 1.82) is 0 Å². The Morgan fingerprint density at radius 1 is 1.08 bits per heavy atom. The molecule has 0 spiro atoms. The molecule has 1 saturated heterocycles. The Hall–Kier alpha value is -4.07. The van der Waals surface area contributed by atoms with Gasteiger partial charge in [0.15, 0.2) is 11.5 Å². The van der Waals surface area contributed by atoms with Crippen LogP contribution in [0.5, 0.6) is 17.2 Å². The molecule has 0 aromatic heterocycles.